The van der Waals surface area contributed by atoms with Crippen LogP contribution in [0.3, 0.4) is 0 Å². The number of β-amino-alcohol motifs (C(OH)–C–C–N with tert-alkyl or cyclic N) is 1. The average molecular weight is 417 g/mol. The number of ether oxygens (including phenoxy) is 2. The summed E-state index contributed by atoms with van der Waals surface area (Å²) >= 11 is 0. The van der Waals surface area contributed by atoms with Crippen molar-refractivity contribution in [3.05, 3.63) is 23.8 Å². The molecule has 1 atom stereocenters. The maximum absolute atomic E-state index is 10.6. The van der Waals surface area contributed by atoms with Gasteiger partial charge in [-0.3, -0.25) is 0 Å². The van der Waals surface area contributed by atoms with Gasteiger partial charge in [0.15, 0.2) is 11.5 Å². The first-order valence-corrected chi connectivity index (χ1v) is 12.2. The maximum Gasteiger partial charge on any atom is 0.161 e. The molecule has 3 aliphatic rings. The summed E-state index contributed by atoms with van der Waals surface area (Å²) < 4.78 is 11.5. The van der Waals surface area contributed by atoms with Crippen LogP contribution >= 0.6 is 0 Å². The Morgan fingerprint density at radius 3 is 2.30 bits per heavy atom. The molecule has 3 fully saturated rings. The Morgan fingerprint density at radius 2 is 1.67 bits per heavy atom. The highest BCUT2D eigenvalue weighted by molar-refractivity contribution is 5.43. The lowest BCUT2D eigenvalue weighted by Gasteiger charge is -2.27. The van der Waals surface area contributed by atoms with Crippen molar-refractivity contribution in [3.63, 3.8) is 0 Å². The first-order valence-electron chi connectivity index (χ1n) is 12.2. The van der Waals surface area contributed by atoms with Crippen LogP contribution in [0.2, 0.25) is 0 Å². The van der Waals surface area contributed by atoms with Crippen LogP contribution in [0.25, 0.3) is 0 Å². The molecule has 1 heterocycles. The smallest absolute Gasteiger partial charge is 0.161 e. The molecule has 0 amide bonds. The normalized spacial score (nSPS) is 21.8. The van der Waals surface area contributed by atoms with E-state index in [4.69, 9.17) is 9.47 Å². The van der Waals surface area contributed by atoms with Crippen molar-refractivity contribution in [1.29, 1.82) is 0 Å². The third kappa shape index (κ3) is 6.60. The molecule has 5 heteroatoms. The largest absolute Gasteiger partial charge is 0.493 e. The lowest BCUT2D eigenvalue weighted by atomic mass is 10.1. The summed E-state index contributed by atoms with van der Waals surface area (Å²) in [6.45, 7) is 4.04. The van der Waals surface area contributed by atoms with Gasteiger partial charge in [-0.1, -0.05) is 25.3 Å². The van der Waals surface area contributed by atoms with Gasteiger partial charge >= 0.3 is 0 Å². The second-order valence-electron chi connectivity index (χ2n) is 9.60. The van der Waals surface area contributed by atoms with E-state index in [1.54, 1.807) is 7.11 Å². The molecule has 1 aliphatic heterocycles. The van der Waals surface area contributed by atoms with E-state index in [0.29, 0.717) is 19.2 Å². The van der Waals surface area contributed by atoms with E-state index < -0.39 is 6.10 Å². The number of hydrogen-bond acceptors (Lipinski definition) is 5. The molecule has 1 aromatic rings. The first kappa shape index (κ1) is 21.9. The summed E-state index contributed by atoms with van der Waals surface area (Å²) in [4.78, 5) is 2.39. The number of hydrogen-bond donors (Lipinski definition) is 2. The molecule has 2 saturated carbocycles. The van der Waals surface area contributed by atoms with Crippen LogP contribution in [0.5, 0.6) is 11.5 Å². The average Bonchev–Trinajstić information content (AvgIpc) is 3.63. The lowest BCUT2D eigenvalue weighted by Crippen LogP contribution is -2.37. The van der Waals surface area contributed by atoms with Gasteiger partial charge in [0.05, 0.1) is 7.11 Å². The Morgan fingerprint density at radius 1 is 1.00 bits per heavy atom. The minimum atomic E-state index is -0.481. The quantitative estimate of drug-likeness (QED) is 0.571. The minimum absolute atomic E-state index is 0.302. The van der Waals surface area contributed by atoms with Crippen LogP contribution < -0.4 is 14.8 Å². The summed E-state index contributed by atoms with van der Waals surface area (Å²) in [6, 6.07) is 6.87. The predicted octanol–water partition coefficient (Wildman–Crippen LogP) is 3.98. The molecule has 1 aromatic carbocycles. The van der Waals surface area contributed by atoms with Crippen molar-refractivity contribution in [2.24, 2.45) is 11.8 Å². The van der Waals surface area contributed by atoms with Crippen LogP contribution in [-0.4, -0.2) is 55.5 Å². The number of rotatable bonds is 11. The molecular formula is C25H40N2O3. The Balaban J connectivity index is 1.28. The highest BCUT2D eigenvalue weighted by atomic mass is 16.5. The summed E-state index contributed by atoms with van der Waals surface area (Å²) in [5, 5.41) is 14.4. The number of aliphatic hydroxyl groups excluding tert-OH is 1. The fourth-order valence-electron chi connectivity index (χ4n) is 4.84. The first-order chi connectivity index (χ1) is 14.7. The van der Waals surface area contributed by atoms with Gasteiger partial charge in [-0.15, -0.1) is 0 Å². The van der Waals surface area contributed by atoms with Crippen molar-refractivity contribution < 1.29 is 14.6 Å². The van der Waals surface area contributed by atoms with Gasteiger partial charge in [0, 0.05) is 19.1 Å². The molecule has 4 rings (SSSR count). The summed E-state index contributed by atoms with van der Waals surface area (Å²) in [5.41, 5.74) is 1.22. The van der Waals surface area contributed by atoms with E-state index in [2.05, 4.69) is 22.3 Å². The molecule has 2 N–H and O–H groups in total. The van der Waals surface area contributed by atoms with Crippen molar-refractivity contribution in [2.45, 2.75) is 76.5 Å². The topological polar surface area (TPSA) is 54.0 Å². The van der Waals surface area contributed by atoms with E-state index in [0.717, 1.165) is 43.0 Å². The fourth-order valence-corrected chi connectivity index (χ4v) is 4.84. The second-order valence-corrected chi connectivity index (χ2v) is 9.60. The third-order valence-corrected chi connectivity index (χ3v) is 6.88. The Hall–Kier alpha value is -1.30. The molecule has 0 bridgehead atoms. The van der Waals surface area contributed by atoms with Crippen molar-refractivity contribution in [1.82, 2.24) is 10.2 Å². The summed E-state index contributed by atoms with van der Waals surface area (Å²) in [6.07, 6.45) is 11.5. The van der Waals surface area contributed by atoms with Gasteiger partial charge in [-0.2, -0.15) is 0 Å². The van der Waals surface area contributed by atoms with E-state index in [-0.39, 0.29) is 0 Å². The summed E-state index contributed by atoms with van der Waals surface area (Å²) in [5.74, 6) is 3.26. The van der Waals surface area contributed by atoms with Gasteiger partial charge < -0.3 is 24.8 Å². The zero-order chi connectivity index (χ0) is 20.8. The molecule has 1 saturated heterocycles. The molecule has 5 nitrogen and oxygen atoms in total. The van der Waals surface area contributed by atoms with E-state index in [9.17, 15) is 5.11 Å². The number of nitrogens with one attached hydrogen (secondary N) is 1. The number of aliphatic hydroxyl groups is 1. The van der Waals surface area contributed by atoms with Crippen LogP contribution in [0.15, 0.2) is 18.2 Å². The number of nitrogens with zero attached hydrogens (tertiary/aromatic N) is 1. The van der Waals surface area contributed by atoms with Gasteiger partial charge in [-0.25, -0.2) is 0 Å². The Bertz CT molecular complexity index is 640. The fraction of sp³-hybridized carbons (Fsp3) is 0.760. The van der Waals surface area contributed by atoms with Crippen LogP contribution in [0, 0.1) is 11.8 Å². The number of likely N-dealkylation sites (tertiary alicyclic amines) is 1. The van der Waals surface area contributed by atoms with Gasteiger partial charge in [0.2, 0.25) is 0 Å². The van der Waals surface area contributed by atoms with E-state index in [1.807, 2.05) is 6.07 Å². The van der Waals surface area contributed by atoms with E-state index >= 15 is 0 Å². The molecule has 0 aromatic heterocycles. The Kier molecular flexibility index (Phi) is 7.91. The molecule has 0 spiro atoms. The van der Waals surface area contributed by atoms with Crippen molar-refractivity contribution in [3.8, 4) is 11.5 Å². The van der Waals surface area contributed by atoms with Crippen LogP contribution in [0.4, 0.5) is 0 Å². The second kappa shape index (κ2) is 10.8. The van der Waals surface area contributed by atoms with Gasteiger partial charge in [-0.05, 0) is 81.1 Å². The molecule has 2 aliphatic carbocycles. The number of benzene rings is 1. The molecule has 168 valence electrons. The predicted molar refractivity (Wildman–Crippen MR) is 120 cm³/mol. The van der Waals surface area contributed by atoms with Crippen molar-refractivity contribution in [2.75, 3.05) is 33.4 Å². The maximum atomic E-state index is 10.6. The SMILES string of the molecule is COc1ccc(CNC(C2CC2)C2CC2)cc1OC[C@@H](O)CN1CCCCCCC1. The lowest BCUT2D eigenvalue weighted by molar-refractivity contribution is 0.0644. The van der Waals surface area contributed by atoms with Gasteiger partial charge in [0.1, 0.15) is 12.7 Å². The minimum Gasteiger partial charge on any atom is -0.493 e. The Labute approximate surface area is 182 Å². The molecule has 30 heavy (non-hydrogen) atoms. The van der Waals surface area contributed by atoms with Gasteiger partial charge in [0.25, 0.3) is 0 Å². The highest BCUT2D eigenvalue weighted by Gasteiger charge is 2.40. The standard InChI is InChI=1S/C25H40N2O3/c1-29-23-12-7-19(16-26-25(20-8-9-20)21-10-11-21)15-24(23)30-18-22(28)17-27-13-5-3-2-4-6-14-27/h7,12,15,20-22,25-26,28H,2-6,8-11,13-14,16-18H2,1H3/t22-/m0/s1. The van der Waals surface area contributed by atoms with Crippen LogP contribution in [0.1, 0.15) is 63.4 Å². The zero-order valence-corrected chi connectivity index (χ0v) is 18.7. The number of methoxy groups -OCH3 is 1. The highest BCUT2D eigenvalue weighted by Crippen LogP contribution is 2.44. The summed E-state index contributed by atoms with van der Waals surface area (Å²) in [7, 11) is 1.67. The zero-order valence-electron chi connectivity index (χ0n) is 18.7. The molecule has 0 unspecified atom stereocenters. The monoisotopic (exact) mass is 416 g/mol. The van der Waals surface area contributed by atoms with Crippen molar-refractivity contribution >= 4 is 0 Å². The van der Waals surface area contributed by atoms with E-state index in [1.165, 1.54) is 63.4 Å². The molecule has 0 radical (unpaired) electrons. The van der Waals surface area contributed by atoms with Crippen LogP contribution in [-0.2, 0) is 6.54 Å². The molecular weight excluding hydrogens is 376 g/mol. The third-order valence-electron chi connectivity index (χ3n) is 6.88.